The third kappa shape index (κ3) is 5.29. The van der Waals surface area contributed by atoms with E-state index in [1.807, 2.05) is 31.2 Å². The molecule has 1 aromatic carbocycles. The fourth-order valence-corrected chi connectivity index (χ4v) is 3.54. The van der Waals surface area contributed by atoms with Crippen LogP contribution >= 0.6 is 11.3 Å². The van der Waals surface area contributed by atoms with Gasteiger partial charge in [0.25, 0.3) is 5.91 Å². The molecule has 0 aliphatic carbocycles. The van der Waals surface area contributed by atoms with Crippen molar-refractivity contribution in [3.8, 4) is 5.75 Å². The van der Waals surface area contributed by atoms with E-state index in [0.29, 0.717) is 28.8 Å². The zero-order valence-electron chi connectivity index (χ0n) is 16.3. The number of carbonyl (C=O) groups excluding carboxylic acids is 1. The predicted molar refractivity (Wildman–Crippen MR) is 109 cm³/mol. The summed E-state index contributed by atoms with van der Waals surface area (Å²) in [4.78, 5) is 20.2. The number of ether oxygens (including phenoxy) is 1. The van der Waals surface area contributed by atoms with E-state index in [2.05, 4.69) is 42.9 Å². The number of carbonyl (C=O) groups is 1. The Kier molecular flexibility index (Phi) is 7.60. The second-order valence-corrected chi connectivity index (χ2v) is 7.48. The molecule has 26 heavy (non-hydrogen) atoms. The van der Waals surface area contributed by atoms with Crippen molar-refractivity contribution < 1.29 is 9.53 Å². The number of aromatic nitrogens is 1. The quantitative estimate of drug-likeness (QED) is 0.699. The third-order valence-corrected chi connectivity index (χ3v) is 5.66. The van der Waals surface area contributed by atoms with Gasteiger partial charge in [-0.05, 0) is 32.1 Å². The monoisotopic (exact) mass is 375 g/mol. The van der Waals surface area contributed by atoms with Gasteiger partial charge in [0.2, 0.25) is 0 Å². The van der Waals surface area contributed by atoms with E-state index < -0.39 is 0 Å². The van der Waals surface area contributed by atoms with Crippen molar-refractivity contribution >= 4 is 22.9 Å². The minimum absolute atomic E-state index is 0.133. The smallest absolute Gasteiger partial charge is 0.267 e. The summed E-state index contributed by atoms with van der Waals surface area (Å²) in [6.45, 7) is 13.8. The summed E-state index contributed by atoms with van der Waals surface area (Å²) in [5.41, 5.74) is 1.46. The number of hydrogen-bond acceptors (Lipinski definition) is 5. The Morgan fingerprint density at radius 3 is 2.58 bits per heavy atom. The maximum absolute atomic E-state index is 12.7. The van der Waals surface area contributed by atoms with Crippen LogP contribution in [0.4, 0.5) is 5.69 Å². The van der Waals surface area contributed by atoms with Crippen LogP contribution < -0.4 is 10.1 Å². The lowest BCUT2D eigenvalue weighted by molar-refractivity contribution is 0.102. The molecule has 1 amide bonds. The van der Waals surface area contributed by atoms with Crippen molar-refractivity contribution in [1.82, 2.24) is 9.88 Å². The van der Waals surface area contributed by atoms with Gasteiger partial charge in [0.15, 0.2) is 0 Å². The van der Waals surface area contributed by atoms with E-state index in [9.17, 15) is 4.79 Å². The number of likely N-dealkylation sites (N-methyl/N-ethyl adjacent to an activating group) is 1. The largest absolute Gasteiger partial charge is 0.490 e. The van der Waals surface area contributed by atoms with Crippen LogP contribution in [0.25, 0.3) is 0 Å². The number of benzene rings is 1. The van der Waals surface area contributed by atoms with Crippen LogP contribution in [0.1, 0.15) is 54.0 Å². The van der Waals surface area contributed by atoms with Gasteiger partial charge in [-0.2, -0.15) is 0 Å². The summed E-state index contributed by atoms with van der Waals surface area (Å²) in [5, 5.41) is 3.96. The lowest BCUT2D eigenvalue weighted by Gasteiger charge is -2.19. The van der Waals surface area contributed by atoms with E-state index in [4.69, 9.17) is 4.74 Å². The minimum Gasteiger partial charge on any atom is -0.490 e. The molecule has 0 atom stereocenters. The number of hydrogen-bond donors (Lipinski definition) is 1. The van der Waals surface area contributed by atoms with Crippen molar-refractivity contribution in [2.75, 3.05) is 31.6 Å². The number of rotatable bonds is 9. The number of thiazole rings is 1. The van der Waals surface area contributed by atoms with Crippen molar-refractivity contribution in [3.05, 3.63) is 39.8 Å². The van der Waals surface area contributed by atoms with Crippen molar-refractivity contribution in [1.29, 1.82) is 0 Å². The Labute approximate surface area is 160 Å². The van der Waals surface area contributed by atoms with Gasteiger partial charge in [-0.25, -0.2) is 4.98 Å². The van der Waals surface area contributed by atoms with Gasteiger partial charge < -0.3 is 15.0 Å². The number of para-hydroxylation sites is 2. The van der Waals surface area contributed by atoms with Gasteiger partial charge in [-0.15, -0.1) is 11.3 Å². The van der Waals surface area contributed by atoms with Crippen molar-refractivity contribution in [2.24, 2.45) is 0 Å². The van der Waals surface area contributed by atoms with Crippen LogP contribution in [-0.2, 0) is 0 Å². The fourth-order valence-electron chi connectivity index (χ4n) is 2.57. The van der Waals surface area contributed by atoms with Gasteiger partial charge >= 0.3 is 0 Å². The zero-order valence-corrected chi connectivity index (χ0v) is 17.2. The molecular formula is C20H29N3O2S. The Bertz CT molecular complexity index is 724. The summed E-state index contributed by atoms with van der Waals surface area (Å²) < 4.78 is 5.91. The molecule has 1 aromatic heterocycles. The maximum atomic E-state index is 12.7. The molecule has 0 fully saturated rings. The topological polar surface area (TPSA) is 54.5 Å². The summed E-state index contributed by atoms with van der Waals surface area (Å²) >= 11 is 1.46. The van der Waals surface area contributed by atoms with Gasteiger partial charge in [0, 0.05) is 12.5 Å². The number of nitrogens with one attached hydrogen (secondary N) is 1. The van der Waals surface area contributed by atoms with E-state index >= 15 is 0 Å². The third-order valence-electron chi connectivity index (χ3n) is 4.21. The van der Waals surface area contributed by atoms with Gasteiger partial charge in [-0.3, -0.25) is 4.79 Å². The lowest BCUT2D eigenvalue weighted by Crippen LogP contribution is -2.28. The molecule has 0 saturated carbocycles. The molecule has 0 unspecified atom stereocenters. The lowest BCUT2D eigenvalue weighted by atomic mass is 10.2. The normalized spacial score (nSPS) is 11.2. The van der Waals surface area contributed by atoms with Crippen molar-refractivity contribution in [2.45, 2.75) is 40.5 Å². The Hall–Kier alpha value is -1.92. The molecule has 2 aromatic rings. The molecule has 1 N–H and O–H groups in total. The van der Waals surface area contributed by atoms with Crippen LogP contribution in [-0.4, -0.2) is 42.0 Å². The standard InChI is InChI=1S/C20H29N3O2S/c1-6-23(7-2)12-13-25-17-11-9-8-10-16(17)22-19(24)18-15(5)21-20(26-18)14(3)4/h8-11,14H,6-7,12-13H2,1-5H3,(H,22,24). The molecular weight excluding hydrogens is 346 g/mol. The molecule has 6 heteroatoms. The molecule has 5 nitrogen and oxygen atoms in total. The van der Waals surface area contributed by atoms with Crippen LogP contribution in [0.15, 0.2) is 24.3 Å². The number of amides is 1. The first-order valence-corrected chi connectivity index (χ1v) is 10.0. The molecule has 0 radical (unpaired) electrons. The van der Waals surface area contributed by atoms with Crippen LogP contribution in [0, 0.1) is 6.92 Å². The first-order chi connectivity index (χ1) is 12.5. The summed E-state index contributed by atoms with van der Waals surface area (Å²) in [7, 11) is 0. The number of nitrogens with zero attached hydrogens (tertiary/aromatic N) is 2. The highest BCUT2D eigenvalue weighted by Gasteiger charge is 2.18. The highest BCUT2D eigenvalue weighted by molar-refractivity contribution is 7.14. The average molecular weight is 376 g/mol. The zero-order chi connectivity index (χ0) is 19.1. The highest BCUT2D eigenvalue weighted by Crippen LogP contribution is 2.28. The van der Waals surface area contributed by atoms with Gasteiger partial charge in [0.05, 0.1) is 16.4 Å². The second kappa shape index (κ2) is 9.69. The van der Waals surface area contributed by atoms with Crippen LogP contribution in [0.5, 0.6) is 5.75 Å². The molecule has 142 valence electrons. The summed E-state index contributed by atoms with van der Waals surface area (Å²) in [6.07, 6.45) is 0. The first-order valence-electron chi connectivity index (χ1n) is 9.19. The highest BCUT2D eigenvalue weighted by atomic mass is 32.1. The van der Waals surface area contributed by atoms with Gasteiger partial charge in [-0.1, -0.05) is 39.8 Å². The number of anilines is 1. The minimum atomic E-state index is -0.133. The molecule has 0 aliphatic rings. The van der Waals surface area contributed by atoms with Crippen molar-refractivity contribution in [3.63, 3.8) is 0 Å². The van der Waals surface area contributed by atoms with E-state index in [1.54, 1.807) is 0 Å². The van der Waals surface area contributed by atoms with E-state index in [0.717, 1.165) is 30.3 Å². The SMILES string of the molecule is CCN(CC)CCOc1ccccc1NC(=O)c1sc(C(C)C)nc1C. The Morgan fingerprint density at radius 1 is 1.27 bits per heavy atom. The Balaban J connectivity index is 2.06. The molecule has 0 saturated heterocycles. The predicted octanol–water partition coefficient (Wildman–Crippen LogP) is 4.55. The van der Waals surface area contributed by atoms with E-state index in [-0.39, 0.29) is 5.91 Å². The Morgan fingerprint density at radius 2 is 1.96 bits per heavy atom. The molecule has 0 bridgehead atoms. The summed E-state index contributed by atoms with van der Waals surface area (Å²) in [6, 6.07) is 7.56. The average Bonchev–Trinajstić information content (AvgIpc) is 3.02. The second-order valence-electron chi connectivity index (χ2n) is 6.45. The molecule has 0 spiro atoms. The molecule has 1 heterocycles. The maximum Gasteiger partial charge on any atom is 0.267 e. The molecule has 0 aliphatic heterocycles. The number of aryl methyl sites for hydroxylation is 1. The van der Waals surface area contributed by atoms with E-state index in [1.165, 1.54) is 11.3 Å². The first kappa shape index (κ1) is 20.4. The molecule has 2 rings (SSSR count). The van der Waals surface area contributed by atoms with Gasteiger partial charge in [0.1, 0.15) is 17.2 Å². The van der Waals surface area contributed by atoms with Crippen LogP contribution in [0.2, 0.25) is 0 Å². The summed E-state index contributed by atoms with van der Waals surface area (Å²) in [5.74, 6) is 0.877. The van der Waals surface area contributed by atoms with Crippen LogP contribution in [0.3, 0.4) is 0 Å². The fraction of sp³-hybridized carbons (Fsp3) is 0.500.